The number of hydrogen-bond donors (Lipinski definition) is 0. The summed E-state index contributed by atoms with van der Waals surface area (Å²) in [5.41, 5.74) is 0. The molecule has 3 amide bonds. The molecule has 0 aromatic rings. The van der Waals surface area contributed by atoms with Crippen LogP contribution in [0.15, 0.2) is 0 Å². The van der Waals surface area contributed by atoms with Crippen LogP contribution in [-0.4, -0.2) is 34.8 Å². The Bertz CT molecular complexity index is 249. The number of carbonyl (C=O) groups excluding carboxylic acids is 3. The van der Waals surface area contributed by atoms with Crippen molar-refractivity contribution in [2.75, 3.05) is 7.05 Å². The van der Waals surface area contributed by atoms with Crippen LogP contribution in [0.4, 0.5) is 0 Å². The molecule has 1 aliphatic rings. The molecule has 0 saturated carbocycles. The van der Waals surface area contributed by atoms with Crippen LogP contribution in [0.5, 0.6) is 0 Å². The normalized spacial score (nSPS) is 18.5. The topological polar surface area (TPSA) is 57.7 Å². The number of nitrogens with zero attached hydrogens (tertiary/aromatic N) is 2. The molecule has 0 N–H and O–H groups in total. The van der Waals surface area contributed by atoms with E-state index < -0.39 is 5.91 Å². The summed E-state index contributed by atoms with van der Waals surface area (Å²) in [6, 6.07) is 0. The lowest BCUT2D eigenvalue weighted by Gasteiger charge is -2.32. The number of hydrazine groups is 1. The first kappa shape index (κ1) is 8.70. The smallest absolute Gasteiger partial charge is 0.248 e. The Morgan fingerprint density at radius 1 is 1.25 bits per heavy atom. The van der Waals surface area contributed by atoms with Gasteiger partial charge in [0, 0.05) is 26.8 Å². The van der Waals surface area contributed by atoms with Gasteiger partial charge in [0.2, 0.25) is 17.7 Å². The first-order valence-electron chi connectivity index (χ1n) is 3.64. The molecule has 0 atom stereocenters. The highest BCUT2D eigenvalue weighted by atomic mass is 16.2. The van der Waals surface area contributed by atoms with Gasteiger partial charge in [0.1, 0.15) is 0 Å². The zero-order valence-electron chi connectivity index (χ0n) is 7.03. The van der Waals surface area contributed by atoms with Crippen LogP contribution in [0, 0.1) is 0 Å². The monoisotopic (exact) mass is 170 g/mol. The third kappa shape index (κ3) is 1.30. The van der Waals surface area contributed by atoms with Crippen LogP contribution >= 0.6 is 0 Å². The molecule has 0 aromatic carbocycles. The van der Waals surface area contributed by atoms with Crippen molar-refractivity contribution in [3.8, 4) is 0 Å². The highest BCUT2D eigenvalue weighted by Crippen LogP contribution is 2.11. The molecular weight excluding hydrogens is 160 g/mol. The first-order chi connectivity index (χ1) is 5.54. The summed E-state index contributed by atoms with van der Waals surface area (Å²) in [5.74, 6) is -0.940. The Kier molecular flexibility index (Phi) is 2.12. The van der Waals surface area contributed by atoms with Gasteiger partial charge in [-0.15, -0.1) is 0 Å². The van der Waals surface area contributed by atoms with Crippen molar-refractivity contribution in [1.29, 1.82) is 0 Å². The minimum Gasteiger partial charge on any atom is -0.273 e. The molecule has 0 aliphatic carbocycles. The van der Waals surface area contributed by atoms with Crippen LogP contribution in [0.25, 0.3) is 0 Å². The lowest BCUT2D eigenvalue weighted by molar-refractivity contribution is -0.174. The number of rotatable bonds is 0. The predicted molar refractivity (Wildman–Crippen MR) is 39.5 cm³/mol. The van der Waals surface area contributed by atoms with Gasteiger partial charge in [-0.1, -0.05) is 0 Å². The van der Waals surface area contributed by atoms with E-state index in [-0.39, 0.29) is 24.7 Å². The second-order valence-electron chi connectivity index (χ2n) is 2.64. The molecule has 5 heteroatoms. The highest BCUT2D eigenvalue weighted by molar-refractivity contribution is 5.99. The number of amides is 3. The van der Waals surface area contributed by atoms with E-state index in [4.69, 9.17) is 0 Å². The zero-order valence-corrected chi connectivity index (χ0v) is 7.03. The second-order valence-corrected chi connectivity index (χ2v) is 2.64. The van der Waals surface area contributed by atoms with E-state index in [2.05, 4.69) is 0 Å². The average molecular weight is 170 g/mol. The molecule has 0 bridgehead atoms. The third-order valence-electron chi connectivity index (χ3n) is 1.75. The maximum Gasteiger partial charge on any atom is 0.248 e. The molecule has 0 unspecified atom stereocenters. The van der Waals surface area contributed by atoms with Gasteiger partial charge in [-0.05, 0) is 0 Å². The predicted octanol–water partition coefficient (Wildman–Crippen LogP) is -0.471. The van der Waals surface area contributed by atoms with Gasteiger partial charge >= 0.3 is 0 Å². The van der Waals surface area contributed by atoms with E-state index in [1.807, 2.05) is 0 Å². The van der Waals surface area contributed by atoms with E-state index in [1.54, 1.807) is 0 Å². The van der Waals surface area contributed by atoms with Gasteiger partial charge in [0.05, 0.1) is 0 Å². The standard InChI is InChI=1S/C7H10N2O3/c1-5(10)9-7(12)4-3-6(11)8(9)2/h3-4H2,1-2H3. The van der Waals surface area contributed by atoms with E-state index in [9.17, 15) is 14.4 Å². The fourth-order valence-electron chi connectivity index (χ4n) is 1.15. The number of hydrogen-bond acceptors (Lipinski definition) is 3. The van der Waals surface area contributed by atoms with Gasteiger partial charge in [-0.3, -0.25) is 14.4 Å². The van der Waals surface area contributed by atoms with Crippen molar-refractivity contribution >= 4 is 17.7 Å². The summed E-state index contributed by atoms with van der Waals surface area (Å²) in [7, 11) is 1.42. The van der Waals surface area contributed by atoms with Crippen molar-refractivity contribution in [2.24, 2.45) is 0 Å². The van der Waals surface area contributed by atoms with Crippen LogP contribution in [-0.2, 0) is 14.4 Å². The summed E-state index contributed by atoms with van der Waals surface area (Å²) in [6.45, 7) is 1.26. The van der Waals surface area contributed by atoms with E-state index in [0.29, 0.717) is 0 Å². The molecule has 1 heterocycles. The van der Waals surface area contributed by atoms with Crippen molar-refractivity contribution in [3.63, 3.8) is 0 Å². The van der Waals surface area contributed by atoms with Gasteiger partial charge in [0.25, 0.3) is 0 Å². The van der Waals surface area contributed by atoms with Gasteiger partial charge in [0.15, 0.2) is 0 Å². The van der Waals surface area contributed by atoms with Gasteiger partial charge in [-0.2, -0.15) is 5.01 Å². The maximum absolute atomic E-state index is 11.1. The number of carbonyl (C=O) groups is 3. The Hall–Kier alpha value is -1.39. The average Bonchev–Trinajstić information content (AvgIpc) is 1.97. The summed E-state index contributed by atoms with van der Waals surface area (Å²) in [4.78, 5) is 33.0. The molecule has 5 nitrogen and oxygen atoms in total. The van der Waals surface area contributed by atoms with Crippen molar-refractivity contribution in [3.05, 3.63) is 0 Å². The van der Waals surface area contributed by atoms with Crippen molar-refractivity contribution in [2.45, 2.75) is 19.8 Å². The fourth-order valence-corrected chi connectivity index (χ4v) is 1.15. The summed E-state index contributed by atoms with van der Waals surface area (Å²) >= 11 is 0. The third-order valence-corrected chi connectivity index (χ3v) is 1.75. The molecule has 66 valence electrons. The fraction of sp³-hybridized carbons (Fsp3) is 0.571. The minimum absolute atomic E-state index is 0.128. The summed E-state index contributed by atoms with van der Waals surface area (Å²) in [5, 5.41) is 1.93. The Morgan fingerprint density at radius 3 is 2.17 bits per heavy atom. The van der Waals surface area contributed by atoms with Gasteiger partial charge < -0.3 is 0 Å². The molecule has 1 saturated heterocycles. The van der Waals surface area contributed by atoms with E-state index in [1.165, 1.54) is 14.0 Å². The second kappa shape index (κ2) is 2.92. The summed E-state index contributed by atoms with van der Waals surface area (Å²) in [6.07, 6.45) is 0.321. The van der Waals surface area contributed by atoms with Crippen molar-refractivity contribution in [1.82, 2.24) is 10.0 Å². The first-order valence-corrected chi connectivity index (χ1v) is 3.64. The molecule has 0 aromatic heterocycles. The zero-order chi connectivity index (χ0) is 9.30. The molecule has 1 rings (SSSR count). The molecule has 1 fully saturated rings. The molecule has 12 heavy (non-hydrogen) atoms. The quantitative estimate of drug-likeness (QED) is 0.493. The van der Waals surface area contributed by atoms with Gasteiger partial charge in [-0.25, -0.2) is 5.01 Å². The van der Waals surface area contributed by atoms with Crippen LogP contribution in [0.1, 0.15) is 19.8 Å². The van der Waals surface area contributed by atoms with E-state index in [0.717, 1.165) is 10.0 Å². The Morgan fingerprint density at radius 2 is 1.75 bits per heavy atom. The van der Waals surface area contributed by atoms with Crippen LogP contribution in [0.3, 0.4) is 0 Å². The lowest BCUT2D eigenvalue weighted by Crippen LogP contribution is -2.53. The highest BCUT2D eigenvalue weighted by Gasteiger charge is 2.31. The maximum atomic E-state index is 11.1. The number of imide groups is 1. The molecule has 0 radical (unpaired) electrons. The van der Waals surface area contributed by atoms with Crippen molar-refractivity contribution < 1.29 is 14.4 Å². The SMILES string of the molecule is CC(=O)N1C(=O)CCC(=O)N1C. The molecular formula is C7H10N2O3. The molecule has 1 aliphatic heterocycles. The summed E-state index contributed by atoms with van der Waals surface area (Å²) < 4.78 is 0. The largest absolute Gasteiger partial charge is 0.273 e. The lowest BCUT2D eigenvalue weighted by atomic mass is 10.2. The molecule has 0 spiro atoms. The Balaban J connectivity index is 2.86. The van der Waals surface area contributed by atoms with Crippen LogP contribution < -0.4 is 0 Å². The van der Waals surface area contributed by atoms with Crippen LogP contribution in [0.2, 0.25) is 0 Å². The Labute approximate surface area is 69.9 Å². The van der Waals surface area contributed by atoms with E-state index >= 15 is 0 Å². The minimum atomic E-state index is -0.421.